The van der Waals surface area contributed by atoms with Gasteiger partial charge in [-0.05, 0) is 51.0 Å². The number of hydrogen-bond donors (Lipinski definition) is 0. The number of carbonyl (C=O) groups excluding carboxylic acids is 1. The Morgan fingerprint density at radius 3 is 1.88 bits per heavy atom. The lowest BCUT2D eigenvalue weighted by molar-refractivity contribution is -0.122. The molecule has 1 aliphatic carbocycles. The van der Waals surface area contributed by atoms with Crippen LogP contribution in [0.4, 0.5) is 5.69 Å². The van der Waals surface area contributed by atoms with Crippen LogP contribution in [0.5, 0.6) is 0 Å². The molecule has 0 bridgehead atoms. The first-order valence-corrected chi connectivity index (χ1v) is 10.6. The standard InChI is InChI=1S/C21H25NO3S/c1-16-8-12-19(13-9-16)22(21(23)18-6-4-3-5-7-18)26(24,25)20-14-10-17(2)11-15-20/h8-15,18H,3-7H2,1-2H3. The van der Waals surface area contributed by atoms with Gasteiger partial charge in [0.25, 0.3) is 10.0 Å². The minimum absolute atomic E-state index is 0.146. The molecule has 0 spiro atoms. The molecule has 1 aliphatic rings. The summed E-state index contributed by atoms with van der Waals surface area (Å²) in [5, 5.41) is 0. The number of hydrogen-bond acceptors (Lipinski definition) is 3. The molecule has 4 nitrogen and oxygen atoms in total. The van der Waals surface area contributed by atoms with Crippen molar-refractivity contribution in [2.24, 2.45) is 5.92 Å². The molecule has 26 heavy (non-hydrogen) atoms. The van der Waals surface area contributed by atoms with Gasteiger partial charge < -0.3 is 0 Å². The van der Waals surface area contributed by atoms with E-state index in [0.29, 0.717) is 5.69 Å². The van der Waals surface area contributed by atoms with Gasteiger partial charge in [-0.3, -0.25) is 4.79 Å². The molecule has 0 aliphatic heterocycles. The summed E-state index contributed by atoms with van der Waals surface area (Å²) in [5.41, 5.74) is 2.41. The number of carbonyl (C=O) groups is 1. The van der Waals surface area contributed by atoms with Gasteiger partial charge in [0.15, 0.2) is 0 Å². The Bertz CT molecular complexity index is 864. The van der Waals surface area contributed by atoms with Crippen LogP contribution in [0.2, 0.25) is 0 Å². The van der Waals surface area contributed by atoms with E-state index in [1.54, 1.807) is 36.4 Å². The van der Waals surface area contributed by atoms with E-state index in [0.717, 1.165) is 47.5 Å². The third-order valence-electron chi connectivity index (χ3n) is 4.98. The lowest BCUT2D eigenvalue weighted by atomic mass is 9.88. The van der Waals surface area contributed by atoms with Crippen LogP contribution in [0.15, 0.2) is 53.4 Å². The predicted octanol–water partition coefficient (Wildman–Crippen LogP) is 4.61. The van der Waals surface area contributed by atoms with Gasteiger partial charge >= 0.3 is 0 Å². The second-order valence-corrected chi connectivity index (χ2v) is 8.88. The zero-order valence-electron chi connectivity index (χ0n) is 15.3. The molecule has 0 heterocycles. The largest absolute Gasteiger partial charge is 0.273 e. The molecule has 0 atom stereocenters. The fraction of sp³-hybridized carbons (Fsp3) is 0.381. The lowest BCUT2D eigenvalue weighted by Crippen LogP contribution is -2.41. The first kappa shape index (κ1) is 18.6. The van der Waals surface area contributed by atoms with E-state index in [2.05, 4.69) is 0 Å². The molecule has 0 unspecified atom stereocenters. The van der Waals surface area contributed by atoms with Gasteiger partial charge in [-0.25, -0.2) is 12.7 Å². The van der Waals surface area contributed by atoms with Crippen molar-refractivity contribution in [3.05, 3.63) is 59.7 Å². The topological polar surface area (TPSA) is 54.5 Å². The maximum atomic E-state index is 13.3. The second-order valence-electron chi connectivity index (χ2n) is 7.09. The molecular weight excluding hydrogens is 346 g/mol. The molecule has 0 radical (unpaired) electrons. The zero-order chi connectivity index (χ0) is 18.7. The van der Waals surface area contributed by atoms with Crippen LogP contribution in [0.25, 0.3) is 0 Å². The predicted molar refractivity (Wildman–Crippen MR) is 104 cm³/mol. The molecule has 2 aromatic carbocycles. The van der Waals surface area contributed by atoms with Gasteiger partial charge in [-0.2, -0.15) is 0 Å². The summed E-state index contributed by atoms with van der Waals surface area (Å²) in [6, 6.07) is 13.7. The molecule has 5 heteroatoms. The van der Waals surface area contributed by atoms with Crippen molar-refractivity contribution in [3.8, 4) is 0 Å². The van der Waals surface area contributed by atoms with E-state index >= 15 is 0 Å². The molecular formula is C21H25NO3S. The molecule has 1 saturated carbocycles. The van der Waals surface area contributed by atoms with Gasteiger partial charge in [0.2, 0.25) is 5.91 Å². The van der Waals surface area contributed by atoms with Crippen molar-refractivity contribution in [1.29, 1.82) is 0 Å². The third kappa shape index (κ3) is 3.83. The van der Waals surface area contributed by atoms with Gasteiger partial charge in [0.05, 0.1) is 10.6 Å². The summed E-state index contributed by atoms with van der Waals surface area (Å²) in [6.45, 7) is 3.84. The van der Waals surface area contributed by atoms with Gasteiger partial charge in [-0.1, -0.05) is 54.7 Å². The Balaban J connectivity index is 2.05. The average Bonchev–Trinajstić information content (AvgIpc) is 2.64. The highest BCUT2D eigenvalue weighted by molar-refractivity contribution is 7.93. The normalized spacial score (nSPS) is 15.6. The summed E-state index contributed by atoms with van der Waals surface area (Å²) >= 11 is 0. The molecule has 0 N–H and O–H groups in total. The molecule has 0 saturated heterocycles. The van der Waals surface area contributed by atoms with Crippen LogP contribution in [0, 0.1) is 19.8 Å². The van der Waals surface area contributed by atoms with Crippen LogP contribution in [0.3, 0.4) is 0 Å². The van der Waals surface area contributed by atoms with Crippen molar-refractivity contribution in [2.75, 3.05) is 4.31 Å². The zero-order valence-corrected chi connectivity index (χ0v) is 16.1. The summed E-state index contributed by atoms with van der Waals surface area (Å²) < 4.78 is 27.7. The Hall–Kier alpha value is -2.14. The van der Waals surface area contributed by atoms with Gasteiger partial charge in [-0.15, -0.1) is 0 Å². The number of nitrogens with zero attached hydrogens (tertiary/aromatic N) is 1. The molecule has 2 aromatic rings. The van der Waals surface area contributed by atoms with E-state index in [9.17, 15) is 13.2 Å². The Morgan fingerprint density at radius 1 is 0.846 bits per heavy atom. The summed E-state index contributed by atoms with van der Waals surface area (Å²) in [6.07, 6.45) is 4.57. The number of aryl methyl sites for hydroxylation is 2. The van der Waals surface area contributed by atoms with Crippen molar-refractivity contribution >= 4 is 21.6 Å². The van der Waals surface area contributed by atoms with Crippen LogP contribution in [0.1, 0.15) is 43.2 Å². The summed E-state index contributed by atoms with van der Waals surface area (Å²) in [5.74, 6) is -0.542. The van der Waals surface area contributed by atoms with E-state index < -0.39 is 10.0 Å². The van der Waals surface area contributed by atoms with Crippen molar-refractivity contribution in [1.82, 2.24) is 0 Å². The lowest BCUT2D eigenvalue weighted by Gasteiger charge is -2.29. The highest BCUT2D eigenvalue weighted by Crippen LogP contribution is 2.31. The van der Waals surface area contributed by atoms with Crippen molar-refractivity contribution in [3.63, 3.8) is 0 Å². The van der Waals surface area contributed by atoms with Crippen molar-refractivity contribution in [2.45, 2.75) is 50.8 Å². The average molecular weight is 372 g/mol. The highest BCUT2D eigenvalue weighted by atomic mass is 32.2. The molecule has 1 fully saturated rings. The van der Waals surface area contributed by atoms with Crippen LogP contribution >= 0.6 is 0 Å². The van der Waals surface area contributed by atoms with E-state index in [1.165, 1.54) is 0 Å². The van der Waals surface area contributed by atoms with Crippen LogP contribution < -0.4 is 4.31 Å². The van der Waals surface area contributed by atoms with Crippen LogP contribution in [-0.4, -0.2) is 14.3 Å². The number of benzene rings is 2. The summed E-state index contributed by atoms with van der Waals surface area (Å²) in [7, 11) is -3.95. The minimum Gasteiger partial charge on any atom is -0.273 e. The second kappa shape index (κ2) is 7.62. The first-order chi connectivity index (χ1) is 12.4. The van der Waals surface area contributed by atoms with E-state index in [-0.39, 0.29) is 16.7 Å². The monoisotopic (exact) mass is 371 g/mol. The number of anilines is 1. The molecule has 138 valence electrons. The Labute approximate surface area is 155 Å². The molecule has 1 amide bonds. The van der Waals surface area contributed by atoms with E-state index in [4.69, 9.17) is 0 Å². The molecule has 3 rings (SSSR count). The number of amides is 1. The summed E-state index contributed by atoms with van der Waals surface area (Å²) in [4.78, 5) is 13.4. The van der Waals surface area contributed by atoms with Crippen LogP contribution in [-0.2, 0) is 14.8 Å². The quantitative estimate of drug-likeness (QED) is 0.789. The van der Waals surface area contributed by atoms with Crippen molar-refractivity contribution < 1.29 is 13.2 Å². The molecule has 0 aromatic heterocycles. The SMILES string of the molecule is Cc1ccc(N(C(=O)C2CCCCC2)S(=O)(=O)c2ccc(C)cc2)cc1. The number of sulfonamides is 1. The fourth-order valence-corrected chi connectivity index (χ4v) is 4.87. The smallest absolute Gasteiger partial charge is 0.270 e. The van der Waals surface area contributed by atoms with Gasteiger partial charge in [0, 0.05) is 5.92 Å². The first-order valence-electron chi connectivity index (χ1n) is 9.12. The Kier molecular flexibility index (Phi) is 5.47. The maximum Gasteiger partial charge on any atom is 0.270 e. The third-order valence-corrected chi connectivity index (χ3v) is 6.72. The van der Waals surface area contributed by atoms with Gasteiger partial charge in [0.1, 0.15) is 0 Å². The fourth-order valence-electron chi connectivity index (χ4n) is 3.40. The minimum atomic E-state index is -3.95. The van der Waals surface area contributed by atoms with E-state index in [1.807, 2.05) is 26.0 Å². The maximum absolute atomic E-state index is 13.3. The number of rotatable bonds is 4. The highest BCUT2D eigenvalue weighted by Gasteiger charge is 2.35. The Morgan fingerprint density at radius 2 is 1.35 bits per heavy atom.